The summed E-state index contributed by atoms with van der Waals surface area (Å²) in [7, 11) is -3.47. The largest absolute Gasteiger partial charge is 0.250 e. The lowest BCUT2D eigenvalue weighted by molar-refractivity contribution is 0.583. The quantitative estimate of drug-likeness (QED) is 0.941. The number of nitrogens with zero attached hydrogens (tertiary/aromatic N) is 1. The molecule has 86 valence electrons. The molecule has 0 spiro atoms. The van der Waals surface area contributed by atoms with Gasteiger partial charge < -0.3 is 0 Å². The smallest absolute Gasteiger partial charge is 0.248 e. The van der Waals surface area contributed by atoms with Crippen molar-refractivity contribution in [3.8, 4) is 0 Å². The summed E-state index contributed by atoms with van der Waals surface area (Å²) >= 11 is 8.14. The van der Waals surface area contributed by atoms with E-state index in [0.717, 1.165) is 11.3 Å². The number of nitrogens with one attached hydrogen (secondary N) is 1. The summed E-state index contributed by atoms with van der Waals surface area (Å²) in [6.45, 7) is 0.196. The number of halogens is 1. The predicted octanol–water partition coefficient (Wildman–Crippen LogP) is 2.34. The molecule has 2 aromatic heterocycles. The number of thiazole rings is 1. The Hall–Kier alpha value is -0.470. The summed E-state index contributed by atoms with van der Waals surface area (Å²) < 4.78 is 26.6. The third kappa shape index (κ3) is 2.80. The van der Waals surface area contributed by atoms with Gasteiger partial charge in [-0.1, -0.05) is 11.6 Å². The standard InChI is InChI=1S/C8H7ClN2O2S3/c9-7-1-2-8(15-7)16(12,13)11-3-6-4-14-5-10-6/h1-2,4-5,11H,3H2. The highest BCUT2D eigenvalue weighted by Crippen LogP contribution is 2.25. The monoisotopic (exact) mass is 294 g/mol. The zero-order valence-corrected chi connectivity index (χ0v) is 11.1. The number of sulfonamides is 1. The van der Waals surface area contributed by atoms with Gasteiger partial charge in [-0.3, -0.25) is 0 Å². The van der Waals surface area contributed by atoms with Gasteiger partial charge in [-0.25, -0.2) is 18.1 Å². The lowest BCUT2D eigenvalue weighted by Gasteiger charge is -2.01. The summed E-state index contributed by atoms with van der Waals surface area (Å²) in [5.74, 6) is 0. The third-order valence-corrected chi connectivity index (χ3v) is 5.50. The molecule has 0 fully saturated rings. The Kier molecular flexibility index (Phi) is 3.60. The van der Waals surface area contributed by atoms with Gasteiger partial charge in [-0.2, -0.15) is 0 Å². The normalized spacial score (nSPS) is 11.8. The Labute approximate surface area is 106 Å². The lowest BCUT2D eigenvalue weighted by Crippen LogP contribution is -2.22. The van der Waals surface area contributed by atoms with Crippen LogP contribution in [0.2, 0.25) is 4.34 Å². The van der Waals surface area contributed by atoms with Gasteiger partial charge in [0.2, 0.25) is 10.0 Å². The first-order chi connectivity index (χ1) is 7.58. The highest BCUT2D eigenvalue weighted by molar-refractivity contribution is 7.91. The van der Waals surface area contributed by atoms with Crippen LogP contribution in [0.25, 0.3) is 0 Å². The van der Waals surface area contributed by atoms with E-state index in [2.05, 4.69) is 9.71 Å². The first-order valence-electron chi connectivity index (χ1n) is 4.20. The minimum atomic E-state index is -3.47. The Morgan fingerprint density at radius 3 is 2.81 bits per heavy atom. The molecule has 0 aliphatic carbocycles. The van der Waals surface area contributed by atoms with E-state index in [1.807, 2.05) is 0 Å². The lowest BCUT2D eigenvalue weighted by atomic mass is 10.5. The SMILES string of the molecule is O=S(=O)(NCc1cscn1)c1ccc(Cl)s1. The zero-order valence-electron chi connectivity index (χ0n) is 7.88. The average Bonchev–Trinajstić information content (AvgIpc) is 2.85. The predicted molar refractivity (Wildman–Crippen MR) is 65.5 cm³/mol. The fraction of sp³-hybridized carbons (Fsp3) is 0.125. The second-order valence-corrected chi connectivity index (χ2v) is 7.29. The fourth-order valence-corrected chi connectivity index (χ4v) is 4.09. The van der Waals surface area contributed by atoms with E-state index < -0.39 is 10.0 Å². The topological polar surface area (TPSA) is 59.1 Å². The van der Waals surface area contributed by atoms with Crippen LogP contribution < -0.4 is 4.72 Å². The maximum absolute atomic E-state index is 11.8. The molecule has 0 bridgehead atoms. The van der Waals surface area contributed by atoms with Crippen LogP contribution in [-0.2, 0) is 16.6 Å². The van der Waals surface area contributed by atoms with Crippen molar-refractivity contribution in [2.75, 3.05) is 0 Å². The summed E-state index contributed by atoms with van der Waals surface area (Å²) in [6, 6.07) is 3.04. The van der Waals surface area contributed by atoms with Gasteiger partial charge in [0.05, 0.1) is 22.1 Å². The number of thiophene rings is 1. The van der Waals surface area contributed by atoms with Gasteiger partial charge >= 0.3 is 0 Å². The van der Waals surface area contributed by atoms with Crippen molar-refractivity contribution in [1.29, 1.82) is 0 Å². The molecule has 0 aromatic carbocycles. The van der Waals surface area contributed by atoms with Crippen LogP contribution in [0.3, 0.4) is 0 Å². The van der Waals surface area contributed by atoms with Gasteiger partial charge in [-0.15, -0.1) is 22.7 Å². The first kappa shape index (κ1) is 12.0. The number of hydrogen-bond acceptors (Lipinski definition) is 5. The molecule has 2 aromatic rings. The van der Waals surface area contributed by atoms with E-state index in [1.54, 1.807) is 17.0 Å². The summed E-state index contributed by atoms with van der Waals surface area (Å²) in [6.07, 6.45) is 0. The van der Waals surface area contributed by atoms with Crippen LogP contribution >= 0.6 is 34.3 Å². The maximum Gasteiger partial charge on any atom is 0.250 e. The van der Waals surface area contributed by atoms with Crippen LogP contribution in [0.5, 0.6) is 0 Å². The minimum absolute atomic E-state index is 0.196. The van der Waals surface area contributed by atoms with Crippen LogP contribution in [0.1, 0.15) is 5.69 Å². The van der Waals surface area contributed by atoms with Crippen LogP contribution in [0.15, 0.2) is 27.2 Å². The Morgan fingerprint density at radius 2 is 2.25 bits per heavy atom. The summed E-state index contributed by atoms with van der Waals surface area (Å²) in [4.78, 5) is 3.99. The highest BCUT2D eigenvalue weighted by atomic mass is 35.5. The van der Waals surface area contributed by atoms with Crippen molar-refractivity contribution in [2.45, 2.75) is 10.8 Å². The third-order valence-electron chi connectivity index (χ3n) is 1.74. The second kappa shape index (κ2) is 4.80. The number of aromatic nitrogens is 1. The molecule has 8 heteroatoms. The van der Waals surface area contributed by atoms with E-state index in [4.69, 9.17) is 11.6 Å². The van der Waals surface area contributed by atoms with Crippen molar-refractivity contribution in [3.63, 3.8) is 0 Å². The Morgan fingerprint density at radius 1 is 1.44 bits per heavy atom. The minimum Gasteiger partial charge on any atom is -0.248 e. The maximum atomic E-state index is 11.8. The summed E-state index contributed by atoms with van der Waals surface area (Å²) in [5.41, 5.74) is 2.36. The molecule has 0 aliphatic rings. The van der Waals surface area contributed by atoms with Gasteiger partial charge in [0.1, 0.15) is 4.21 Å². The van der Waals surface area contributed by atoms with Crippen LogP contribution in [0.4, 0.5) is 0 Å². The molecule has 0 atom stereocenters. The molecule has 1 N–H and O–H groups in total. The number of rotatable bonds is 4. The van der Waals surface area contributed by atoms with Crippen LogP contribution in [-0.4, -0.2) is 13.4 Å². The molecular formula is C8H7ClN2O2S3. The average molecular weight is 295 g/mol. The summed E-state index contributed by atoms with van der Waals surface area (Å²) in [5, 5.41) is 1.80. The molecule has 2 heterocycles. The molecule has 16 heavy (non-hydrogen) atoms. The molecular weight excluding hydrogens is 288 g/mol. The van der Waals surface area contributed by atoms with E-state index in [9.17, 15) is 8.42 Å². The highest BCUT2D eigenvalue weighted by Gasteiger charge is 2.16. The Balaban J connectivity index is 2.09. The van der Waals surface area contributed by atoms with E-state index in [-0.39, 0.29) is 10.8 Å². The molecule has 0 amide bonds. The van der Waals surface area contributed by atoms with Gasteiger partial charge in [0.25, 0.3) is 0 Å². The Bertz CT molecular complexity index is 562. The zero-order chi connectivity index (χ0) is 11.6. The second-order valence-electron chi connectivity index (χ2n) is 2.86. The molecule has 0 saturated carbocycles. The molecule has 0 saturated heterocycles. The first-order valence-corrected chi connectivity index (χ1v) is 7.82. The van der Waals surface area contributed by atoms with Gasteiger partial charge in [0.15, 0.2) is 0 Å². The number of hydrogen-bond donors (Lipinski definition) is 1. The van der Waals surface area contributed by atoms with Crippen molar-refractivity contribution in [2.24, 2.45) is 0 Å². The molecule has 0 radical (unpaired) electrons. The molecule has 4 nitrogen and oxygen atoms in total. The van der Waals surface area contributed by atoms with E-state index >= 15 is 0 Å². The molecule has 0 aliphatic heterocycles. The van der Waals surface area contributed by atoms with Crippen molar-refractivity contribution >= 4 is 44.3 Å². The van der Waals surface area contributed by atoms with E-state index in [1.165, 1.54) is 17.4 Å². The van der Waals surface area contributed by atoms with Crippen molar-refractivity contribution in [1.82, 2.24) is 9.71 Å². The molecule has 2 rings (SSSR count). The van der Waals surface area contributed by atoms with Crippen molar-refractivity contribution < 1.29 is 8.42 Å². The van der Waals surface area contributed by atoms with Gasteiger partial charge in [0, 0.05) is 5.38 Å². The van der Waals surface area contributed by atoms with Gasteiger partial charge in [-0.05, 0) is 12.1 Å². The van der Waals surface area contributed by atoms with E-state index in [0.29, 0.717) is 10.0 Å². The van der Waals surface area contributed by atoms with Crippen molar-refractivity contribution in [3.05, 3.63) is 33.1 Å². The van der Waals surface area contributed by atoms with Crippen LogP contribution in [0, 0.1) is 0 Å². The molecule has 0 unspecified atom stereocenters. The fourth-order valence-electron chi connectivity index (χ4n) is 1.01.